The fraction of sp³-hybridized carbons (Fsp3) is 0.357. The van der Waals surface area contributed by atoms with E-state index in [2.05, 4.69) is 30.3 Å². The second kappa shape index (κ2) is 7.05. The monoisotopic (exact) mass is 408 g/mol. The molecule has 4 bridgehead atoms. The number of amides is 1. The van der Waals surface area contributed by atoms with E-state index in [9.17, 15) is 4.79 Å². The highest BCUT2D eigenvalue weighted by Gasteiger charge is 2.53. The van der Waals surface area contributed by atoms with Crippen molar-refractivity contribution in [1.29, 1.82) is 0 Å². The summed E-state index contributed by atoms with van der Waals surface area (Å²) in [6.07, 6.45) is 7.52. The summed E-state index contributed by atoms with van der Waals surface area (Å²) in [4.78, 5) is 18.2. The quantitative estimate of drug-likeness (QED) is 0.577. The number of pyridine rings is 1. The third-order valence-electron chi connectivity index (χ3n) is 7.96. The molecule has 2 N–H and O–H groups in total. The molecule has 0 spiro atoms. The van der Waals surface area contributed by atoms with Crippen molar-refractivity contribution in [2.75, 3.05) is 0 Å². The molecule has 4 fully saturated rings. The molecule has 1 aromatic heterocycles. The molecule has 4 saturated carbocycles. The lowest BCUT2D eigenvalue weighted by molar-refractivity contribution is -0.00747. The van der Waals surface area contributed by atoms with Crippen molar-refractivity contribution in [2.45, 2.75) is 43.9 Å². The van der Waals surface area contributed by atoms with Gasteiger partial charge in [0, 0.05) is 11.0 Å². The summed E-state index contributed by atoms with van der Waals surface area (Å²) in [5, 5.41) is 0. The number of rotatable bonds is 4. The minimum absolute atomic E-state index is 0.00651. The summed E-state index contributed by atoms with van der Waals surface area (Å²) in [7, 11) is 0. The van der Waals surface area contributed by atoms with E-state index < -0.39 is 0 Å². The van der Waals surface area contributed by atoms with Gasteiger partial charge in [0.25, 0.3) is 5.91 Å². The lowest BCUT2D eigenvalue weighted by Crippen LogP contribution is -2.49. The lowest BCUT2D eigenvalue weighted by Gasteiger charge is -2.56. The normalized spacial score (nSPS) is 28.6. The van der Waals surface area contributed by atoms with Gasteiger partial charge in [-0.15, -0.1) is 0 Å². The fourth-order valence-corrected chi connectivity index (χ4v) is 7.18. The molecule has 0 atom stereocenters. The number of nitrogens with two attached hydrogens (primary N) is 1. The Bertz CT molecular complexity index is 1100. The Morgan fingerprint density at radius 1 is 0.806 bits per heavy atom. The molecule has 3 heteroatoms. The Balaban J connectivity index is 1.62. The Labute approximate surface area is 183 Å². The van der Waals surface area contributed by atoms with E-state index in [-0.39, 0.29) is 11.3 Å². The van der Waals surface area contributed by atoms with Gasteiger partial charge in [0.15, 0.2) is 0 Å². The number of aromatic nitrogens is 1. The fourth-order valence-electron chi connectivity index (χ4n) is 7.18. The minimum atomic E-state index is -0.350. The summed E-state index contributed by atoms with van der Waals surface area (Å²) >= 11 is 0. The largest absolute Gasteiger partial charge is 0.366 e. The van der Waals surface area contributed by atoms with Crippen LogP contribution in [0.2, 0.25) is 0 Å². The molecule has 0 radical (unpaired) electrons. The van der Waals surface area contributed by atoms with Gasteiger partial charge in [-0.1, -0.05) is 60.7 Å². The van der Waals surface area contributed by atoms with Crippen molar-refractivity contribution in [3.8, 4) is 22.4 Å². The SMILES string of the molecule is NC(=O)c1c(-c2ccccc2)cc(-c2ccccc2)nc1C12CC3CC(CC(C3)C1)C2. The summed E-state index contributed by atoms with van der Waals surface area (Å²) in [5.41, 5.74) is 11.7. The zero-order valence-electron chi connectivity index (χ0n) is 17.8. The van der Waals surface area contributed by atoms with Crippen LogP contribution in [0.1, 0.15) is 54.6 Å². The maximum absolute atomic E-state index is 12.9. The third kappa shape index (κ3) is 3.10. The molecule has 3 aromatic rings. The van der Waals surface area contributed by atoms with Gasteiger partial charge in [0.2, 0.25) is 0 Å². The van der Waals surface area contributed by atoms with Crippen LogP contribution in [0.3, 0.4) is 0 Å². The van der Waals surface area contributed by atoms with E-state index in [0.717, 1.165) is 65.1 Å². The highest BCUT2D eigenvalue weighted by Crippen LogP contribution is 2.61. The minimum Gasteiger partial charge on any atom is -0.366 e. The Morgan fingerprint density at radius 2 is 1.32 bits per heavy atom. The predicted molar refractivity (Wildman–Crippen MR) is 123 cm³/mol. The van der Waals surface area contributed by atoms with Crippen LogP contribution in [0, 0.1) is 17.8 Å². The van der Waals surface area contributed by atoms with Crippen molar-refractivity contribution in [2.24, 2.45) is 23.5 Å². The number of hydrogen-bond donors (Lipinski definition) is 1. The van der Waals surface area contributed by atoms with Gasteiger partial charge in [-0.05, 0) is 73.5 Å². The predicted octanol–water partition coefficient (Wildman–Crippen LogP) is 5.98. The molecule has 1 amide bonds. The van der Waals surface area contributed by atoms with E-state index in [1.54, 1.807) is 0 Å². The zero-order valence-corrected chi connectivity index (χ0v) is 17.8. The first-order valence-corrected chi connectivity index (χ1v) is 11.6. The Kier molecular flexibility index (Phi) is 4.27. The number of nitrogens with zero attached hydrogens (tertiary/aromatic N) is 1. The third-order valence-corrected chi connectivity index (χ3v) is 7.96. The van der Waals surface area contributed by atoms with Gasteiger partial charge in [0.1, 0.15) is 0 Å². The van der Waals surface area contributed by atoms with Crippen molar-refractivity contribution >= 4 is 5.91 Å². The molecule has 0 aliphatic heterocycles. The molecule has 7 rings (SSSR count). The first-order valence-electron chi connectivity index (χ1n) is 11.6. The zero-order chi connectivity index (χ0) is 21.0. The van der Waals surface area contributed by atoms with Gasteiger partial charge >= 0.3 is 0 Å². The number of carbonyl (C=O) groups excluding carboxylic acids is 1. The molecule has 4 aliphatic rings. The smallest absolute Gasteiger partial charge is 0.251 e. The van der Waals surface area contributed by atoms with E-state index in [4.69, 9.17) is 10.7 Å². The Morgan fingerprint density at radius 3 is 1.84 bits per heavy atom. The van der Waals surface area contributed by atoms with Crippen LogP contribution >= 0.6 is 0 Å². The second-order valence-electron chi connectivity index (χ2n) is 10.1. The maximum atomic E-state index is 12.9. The maximum Gasteiger partial charge on any atom is 0.251 e. The van der Waals surface area contributed by atoms with E-state index >= 15 is 0 Å². The van der Waals surface area contributed by atoms with Gasteiger partial charge in [0.05, 0.1) is 17.0 Å². The van der Waals surface area contributed by atoms with E-state index in [0.29, 0.717) is 5.56 Å². The number of hydrogen-bond acceptors (Lipinski definition) is 2. The van der Waals surface area contributed by atoms with Gasteiger partial charge in [-0.3, -0.25) is 9.78 Å². The molecule has 1 heterocycles. The van der Waals surface area contributed by atoms with Crippen molar-refractivity contribution < 1.29 is 4.79 Å². The van der Waals surface area contributed by atoms with Gasteiger partial charge in [-0.2, -0.15) is 0 Å². The second-order valence-corrected chi connectivity index (χ2v) is 10.1. The Hall–Kier alpha value is -2.94. The van der Waals surface area contributed by atoms with Crippen LogP contribution in [-0.4, -0.2) is 10.9 Å². The van der Waals surface area contributed by atoms with Crippen molar-refractivity contribution in [3.05, 3.63) is 78.0 Å². The lowest BCUT2D eigenvalue weighted by atomic mass is 9.48. The molecule has 0 unspecified atom stereocenters. The molecule has 4 aliphatic carbocycles. The topological polar surface area (TPSA) is 56.0 Å². The summed E-state index contributed by atoms with van der Waals surface area (Å²) < 4.78 is 0. The molecule has 31 heavy (non-hydrogen) atoms. The van der Waals surface area contributed by atoms with Crippen LogP contribution in [0.25, 0.3) is 22.4 Å². The molecular formula is C28H28N2O. The van der Waals surface area contributed by atoms with Gasteiger partial charge < -0.3 is 5.73 Å². The van der Waals surface area contributed by atoms with Crippen molar-refractivity contribution in [3.63, 3.8) is 0 Å². The number of benzene rings is 2. The summed E-state index contributed by atoms with van der Waals surface area (Å²) in [6.45, 7) is 0. The molecular weight excluding hydrogens is 380 g/mol. The first-order chi connectivity index (χ1) is 15.1. The molecule has 3 nitrogen and oxygen atoms in total. The summed E-state index contributed by atoms with van der Waals surface area (Å²) in [5.74, 6) is 1.97. The van der Waals surface area contributed by atoms with Crippen LogP contribution in [-0.2, 0) is 5.41 Å². The van der Waals surface area contributed by atoms with Crippen LogP contribution in [0.5, 0.6) is 0 Å². The van der Waals surface area contributed by atoms with Crippen LogP contribution in [0.15, 0.2) is 66.7 Å². The molecule has 156 valence electrons. The average molecular weight is 409 g/mol. The number of carbonyl (C=O) groups is 1. The number of primary amides is 1. The molecule has 2 aromatic carbocycles. The summed E-state index contributed by atoms with van der Waals surface area (Å²) in [6, 6.07) is 22.6. The average Bonchev–Trinajstić information content (AvgIpc) is 2.78. The van der Waals surface area contributed by atoms with Crippen LogP contribution < -0.4 is 5.73 Å². The van der Waals surface area contributed by atoms with Crippen molar-refractivity contribution in [1.82, 2.24) is 4.98 Å². The van der Waals surface area contributed by atoms with E-state index in [1.165, 1.54) is 19.3 Å². The van der Waals surface area contributed by atoms with E-state index in [1.807, 2.05) is 36.4 Å². The highest BCUT2D eigenvalue weighted by molar-refractivity contribution is 6.02. The van der Waals surface area contributed by atoms with Crippen LogP contribution in [0.4, 0.5) is 0 Å². The first kappa shape index (κ1) is 18.8. The standard InChI is InChI=1S/C28H28N2O/c29-27(31)25-23(21-7-3-1-4-8-21)14-24(22-9-5-2-6-10-22)30-26(25)28-15-18-11-19(16-28)13-20(12-18)17-28/h1-10,14,18-20H,11-13,15-17H2,(H2,29,31). The highest BCUT2D eigenvalue weighted by atomic mass is 16.1. The van der Waals surface area contributed by atoms with Gasteiger partial charge in [-0.25, -0.2) is 0 Å². The molecule has 0 saturated heterocycles.